The number of imide groups is 1. The van der Waals surface area contributed by atoms with E-state index in [1.807, 2.05) is 0 Å². The summed E-state index contributed by atoms with van der Waals surface area (Å²) in [5.74, 6) is -0.391. The summed E-state index contributed by atoms with van der Waals surface area (Å²) in [6.45, 7) is 3.29. The molecule has 150 valence electrons. The molecule has 0 bridgehead atoms. The van der Waals surface area contributed by atoms with Gasteiger partial charge in [-0.25, -0.2) is 0 Å². The zero-order valence-electron chi connectivity index (χ0n) is 16.9. The number of hydrogen-bond acceptors (Lipinski definition) is 3. The van der Waals surface area contributed by atoms with Crippen molar-refractivity contribution in [2.45, 2.75) is 32.5 Å². The van der Waals surface area contributed by atoms with E-state index in [9.17, 15) is 9.59 Å². The summed E-state index contributed by atoms with van der Waals surface area (Å²) in [7, 11) is 0. The van der Waals surface area contributed by atoms with E-state index in [0.29, 0.717) is 17.7 Å². The number of hydrogen-bond donors (Lipinski definition) is 0. The van der Waals surface area contributed by atoms with Gasteiger partial charge in [0.05, 0.1) is 17.7 Å². The largest absolute Gasteiger partial charge is 0.295 e. The minimum Gasteiger partial charge on any atom is -0.295 e. The van der Waals surface area contributed by atoms with Gasteiger partial charge in [-0.05, 0) is 53.8 Å². The fourth-order valence-electron chi connectivity index (χ4n) is 4.49. The van der Waals surface area contributed by atoms with E-state index in [2.05, 4.69) is 53.4 Å². The molecule has 30 heavy (non-hydrogen) atoms. The van der Waals surface area contributed by atoms with Crippen molar-refractivity contribution >= 4 is 11.8 Å². The maximum absolute atomic E-state index is 12.6. The van der Waals surface area contributed by atoms with Gasteiger partial charge in [-0.15, -0.1) is 0 Å². The van der Waals surface area contributed by atoms with Gasteiger partial charge in [-0.2, -0.15) is 0 Å². The zero-order chi connectivity index (χ0) is 20.5. The molecule has 3 aromatic rings. The van der Waals surface area contributed by atoms with E-state index in [1.165, 1.54) is 21.6 Å². The van der Waals surface area contributed by atoms with Crippen LogP contribution < -0.4 is 0 Å². The van der Waals surface area contributed by atoms with Gasteiger partial charge >= 0.3 is 0 Å². The smallest absolute Gasteiger partial charge is 0.261 e. The summed E-state index contributed by atoms with van der Waals surface area (Å²) >= 11 is 0. The molecule has 5 rings (SSSR count). The van der Waals surface area contributed by atoms with Gasteiger partial charge in [0.25, 0.3) is 11.8 Å². The predicted molar refractivity (Wildman–Crippen MR) is 116 cm³/mol. The highest BCUT2D eigenvalue weighted by Crippen LogP contribution is 2.27. The topological polar surface area (TPSA) is 40.6 Å². The van der Waals surface area contributed by atoms with Crippen molar-refractivity contribution in [3.05, 3.63) is 106 Å². The molecule has 3 aromatic carbocycles. The summed E-state index contributed by atoms with van der Waals surface area (Å²) in [5.41, 5.74) is 6.07. The number of carbonyl (C=O) groups is 2. The lowest BCUT2D eigenvalue weighted by molar-refractivity contribution is 0.0642. The summed E-state index contributed by atoms with van der Waals surface area (Å²) < 4.78 is 0. The summed E-state index contributed by atoms with van der Waals surface area (Å²) in [4.78, 5) is 29.1. The first-order chi connectivity index (χ1) is 14.7. The molecule has 0 fully saturated rings. The van der Waals surface area contributed by atoms with Crippen LogP contribution in [-0.4, -0.2) is 28.2 Å². The first kappa shape index (κ1) is 18.8. The lowest BCUT2D eigenvalue weighted by Gasteiger charge is -2.15. The minimum atomic E-state index is -0.196. The quantitative estimate of drug-likeness (QED) is 0.579. The minimum absolute atomic E-state index is 0.196. The number of rotatable bonds is 6. The molecule has 0 aromatic heterocycles. The van der Waals surface area contributed by atoms with Crippen molar-refractivity contribution in [1.82, 2.24) is 9.80 Å². The fourth-order valence-corrected chi connectivity index (χ4v) is 4.49. The average molecular weight is 396 g/mol. The van der Waals surface area contributed by atoms with Gasteiger partial charge in [0.1, 0.15) is 0 Å². The predicted octanol–water partition coefficient (Wildman–Crippen LogP) is 4.43. The molecule has 0 spiro atoms. The van der Waals surface area contributed by atoms with Crippen molar-refractivity contribution in [2.24, 2.45) is 0 Å². The fraction of sp³-hybridized carbons (Fsp3) is 0.231. The Kier molecular flexibility index (Phi) is 4.93. The van der Waals surface area contributed by atoms with E-state index >= 15 is 0 Å². The molecule has 2 heterocycles. The van der Waals surface area contributed by atoms with Crippen molar-refractivity contribution in [1.29, 1.82) is 0 Å². The molecule has 4 nitrogen and oxygen atoms in total. The molecule has 0 N–H and O–H groups in total. The molecule has 2 amide bonds. The molecule has 0 radical (unpaired) electrons. The Hall–Kier alpha value is -3.24. The van der Waals surface area contributed by atoms with Gasteiger partial charge in [0.15, 0.2) is 0 Å². The molecular formula is C26H24N2O2. The van der Waals surface area contributed by atoms with Crippen LogP contribution in [0.25, 0.3) is 0 Å². The summed E-state index contributed by atoms with van der Waals surface area (Å²) in [5, 5.41) is 0. The van der Waals surface area contributed by atoms with Crippen molar-refractivity contribution in [3.8, 4) is 0 Å². The van der Waals surface area contributed by atoms with Crippen LogP contribution in [0.3, 0.4) is 0 Å². The molecule has 2 aliphatic heterocycles. The highest BCUT2D eigenvalue weighted by atomic mass is 16.2. The third-order valence-corrected chi connectivity index (χ3v) is 6.06. The van der Waals surface area contributed by atoms with Crippen molar-refractivity contribution < 1.29 is 9.59 Å². The van der Waals surface area contributed by atoms with Crippen LogP contribution in [0.15, 0.2) is 72.8 Å². The molecule has 0 atom stereocenters. The molecule has 0 saturated heterocycles. The Morgan fingerprint density at radius 1 is 0.700 bits per heavy atom. The Bertz CT molecular complexity index is 1070. The third-order valence-electron chi connectivity index (χ3n) is 6.06. The Labute approximate surface area is 176 Å². The Balaban J connectivity index is 1.21. The second kappa shape index (κ2) is 7.88. The number of carbonyl (C=O) groups excluding carboxylic acids is 2. The normalized spacial score (nSPS) is 15.5. The standard InChI is InChI=1S/C26H24N2O2/c29-25-23-10-4-5-11-24(23)26(30)28(25)16-20-12-13-21-17-27(18-22(21)15-20)14-6-9-19-7-2-1-3-8-19/h1-5,7-8,10-13,15H,6,9,14,16-18H2. The van der Waals surface area contributed by atoms with Gasteiger partial charge in [-0.3, -0.25) is 19.4 Å². The SMILES string of the molecule is O=C1c2ccccc2C(=O)N1Cc1ccc2c(c1)CN(CCCc1ccccc1)C2. The first-order valence-electron chi connectivity index (χ1n) is 10.5. The van der Waals surface area contributed by atoms with Crippen LogP contribution in [-0.2, 0) is 26.1 Å². The lowest BCUT2D eigenvalue weighted by atomic mass is 10.1. The number of fused-ring (bicyclic) bond motifs is 2. The van der Waals surface area contributed by atoms with Crippen molar-refractivity contribution in [2.75, 3.05) is 6.54 Å². The van der Waals surface area contributed by atoms with Crippen LogP contribution in [0.5, 0.6) is 0 Å². The number of nitrogens with zero attached hydrogens (tertiary/aromatic N) is 2. The van der Waals surface area contributed by atoms with Crippen LogP contribution in [0.2, 0.25) is 0 Å². The molecular weight excluding hydrogens is 372 g/mol. The average Bonchev–Trinajstić information content (AvgIpc) is 3.28. The van der Waals surface area contributed by atoms with Gasteiger partial charge in [-0.1, -0.05) is 60.7 Å². The first-order valence-corrected chi connectivity index (χ1v) is 10.5. The molecule has 4 heteroatoms. The van der Waals surface area contributed by atoms with E-state index in [-0.39, 0.29) is 11.8 Å². The second-order valence-corrected chi connectivity index (χ2v) is 8.14. The van der Waals surface area contributed by atoms with Crippen LogP contribution >= 0.6 is 0 Å². The molecule has 0 saturated carbocycles. The number of benzene rings is 3. The van der Waals surface area contributed by atoms with E-state index in [1.54, 1.807) is 24.3 Å². The summed E-state index contributed by atoms with van der Waals surface area (Å²) in [6.07, 6.45) is 2.23. The van der Waals surface area contributed by atoms with Crippen LogP contribution in [0.1, 0.15) is 49.4 Å². The molecule has 2 aliphatic rings. The summed E-state index contributed by atoms with van der Waals surface area (Å²) in [6, 6.07) is 24.0. The zero-order valence-corrected chi connectivity index (χ0v) is 16.9. The highest BCUT2D eigenvalue weighted by Gasteiger charge is 2.35. The molecule has 0 aliphatic carbocycles. The lowest BCUT2D eigenvalue weighted by Crippen LogP contribution is -2.29. The Morgan fingerprint density at radius 3 is 2.10 bits per heavy atom. The van der Waals surface area contributed by atoms with Gasteiger partial charge in [0.2, 0.25) is 0 Å². The van der Waals surface area contributed by atoms with E-state index in [0.717, 1.165) is 38.0 Å². The Morgan fingerprint density at radius 2 is 1.37 bits per heavy atom. The molecule has 0 unspecified atom stereocenters. The second-order valence-electron chi connectivity index (χ2n) is 8.14. The number of aryl methyl sites for hydroxylation is 1. The van der Waals surface area contributed by atoms with E-state index in [4.69, 9.17) is 0 Å². The highest BCUT2D eigenvalue weighted by molar-refractivity contribution is 6.21. The van der Waals surface area contributed by atoms with Crippen LogP contribution in [0, 0.1) is 0 Å². The third kappa shape index (κ3) is 3.55. The van der Waals surface area contributed by atoms with Crippen molar-refractivity contribution in [3.63, 3.8) is 0 Å². The maximum atomic E-state index is 12.6. The van der Waals surface area contributed by atoms with E-state index < -0.39 is 0 Å². The van der Waals surface area contributed by atoms with Gasteiger partial charge < -0.3 is 0 Å². The monoisotopic (exact) mass is 396 g/mol. The van der Waals surface area contributed by atoms with Gasteiger partial charge in [0, 0.05) is 13.1 Å². The van der Waals surface area contributed by atoms with Crippen LogP contribution in [0.4, 0.5) is 0 Å². The maximum Gasteiger partial charge on any atom is 0.261 e. The number of amides is 2.